The smallest absolute Gasteiger partial charge is 0.260 e. The lowest BCUT2D eigenvalue weighted by Gasteiger charge is -2.20. The van der Waals surface area contributed by atoms with Crippen LogP contribution in [0.5, 0.6) is 5.75 Å². The van der Waals surface area contributed by atoms with E-state index >= 15 is 0 Å². The van der Waals surface area contributed by atoms with E-state index in [2.05, 4.69) is 4.98 Å². The number of ether oxygens (including phenoxy) is 1. The molecule has 4 rings (SSSR count). The molecule has 0 spiro atoms. The van der Waals surface area contributed by atoms with E-state index in [4.69, 9.17) is 21.3 Å². The Balaban J connectivity index is 1.74. The molecule has 0 saturated carbocycles. The Morgan fingerprint density at radius 1 is 1.20 bits per heavy atom. The van der Waals surface area contributed by atoms with Gasteiger partial charge in [-0.3, -0.25) is 14.7 Å². The van der Waals surface area contributed by atoms with Crippen molar-refractivity contribution in [2.45, 2.75) is 20.4 Å². The SMILES string of the molecule is CCOc1ccc(C(=O)N(Cc2cccnc2)c2nc3c(C)cc(Cl)cc3s2)cc1. The summed E-state index contributed by atoms with van der Waals surface area (Å²) in [5.41, 5.74) is 3.33. The topological polar surface area (TPSA) is 55.3 Å². The Bertz CT molecular complexity index is 1180. The first-order chi connectivity index (χ1) is 14.5. The quantitative estimate of drug-likeness (QED) is 0.377. The van der Waals surface area contributed by atoms with Crippen LogP contribution in [-0.4, -0.2) is 22.5 Å². The first kappa shape index (κ1) is 20.3. The summed E-state index contributed by atoms with van der Waals surface area (Å²) in [6.07, 6.45) is 3.47. The molecule has 2 aromatic heterocycles. The average Bonchev–Trinajstić information content (AvgIpc) is 3.17. The zero-order chi connectivity index (χ0) is 21.1. The molecule has 1 amide bonds. The fraction of sp³-hybridized carbons (Fsp3) is 0.174. The third-order valence-electron chi connectivity index (χ3n) is 4.59. The number of hydrogen-bond donors (Lipinski definition) is 0. The molecule has 0 aliphatic rings. The molecule has 2 heterocycles. The molecule has 0 N–H and O–H groups in total. The van der Waals surface area contributed by atoms with E-state index in [1.165, 1.54) is 11.3 Å². The van der Waals surface area contributed by atoms with E-state index in [1.807, 2.05) is 38.1 Å². The van der Waals surface area contributed by atoms with Crippen molar-refractivity contribution in [3.05, 3.63) is 82.6 Å². The molecule has 0 atom stereocenters. The lowest BCUT2D eigenvalue weighted by atomic mass is 10.2. The molecule has 7 heteroatoms. The van der Waals surface area contributed by atoms with Crippen LogP contribution in [0.15, 0.2) is 60.9 Å². The number of carbonyl (C=O) groups excluding carboxylic acids is 1. The van der Waals surface area contributed by atoms with E-state index in [0.29, 0.717) is 28.9 Å². The van der Waals surface area contributed by atoms with Crippen molar-refractivity contribution < 1.29 is 9.53 Å². The molecule has 0 saturated heterocycles. The van der Waals surface area contributed by atoms with Crippen LogP contribution in [0, 0.1) is 6.92 Å². The Labute approximate surface area is 183 Å². The first-order valence-corrected chi connectivity index (χ1v) is 10.7. The second-order valence-corrected chi connectivity index (χ2v) is 8.22. The summed E-state index contributed by atoms with van der Waals surface area (Å²) >= 11 is 7.67. The molecule has 152 valence electrons. The highest BCUT2D eigenvalue weighted by Gasteiger charge is 2.22. The number of benzene rings is 2. The van der Waals surface area contributed by atoms with E-state index in [-0.39, 0.29) is 5.91 Å². The fourth-order valence-electron chi connectivity index (χ4n) is 3.17. The van der Waals surface area contributed by atoms with Gasteiger partial charge in [0.1, 0.15) is 5.75 Å². The molecule has 0 unspecified atom stereocenters. The molecule has 0 bridgehead atoms. The maximum atomic E-state index is 13.5. The highest BCUT2D eigenvalue weighted by molar-refractivity contribution is 7.22. The van der Waals surface area contributed by atoms with Gasteiger partial charge in [-0.05, 0) is 67.4 Å². The summed E-state index contributed by atoms with van der Waals surface area (Å²) in [6, 6.07) is 14.7. The number of halogens is 1. The van der Waals surface area contributed by atoms with Crippen LogP contribution in [0.25, 0.3) is 10.2 Å². The standard InChI is InChI=1S/C23H20ClN3O2S/c1-3-29-19-8-6-17(7-9-19)22(28)27(14-16-5-4-10-25-13-16)23-26-21-15(2)11-18(24)12-20(21)30-23/h4-13H,3,14H2,1-2H3. The van der Waals surface area contributed by atoms with Crippen LogP contribution in [0.3, 0.4) is 0 Å². The highest BCUT2D eigenvalue weighted by atomic mass is 35.5. The van der Waals surface area contributed by atoms with Crippen LogP contribution >= 0.6 is 22.9 Å². The number of nitrogens with zero attached hydrogens (tertiary/aromatic N) is 3. The van der Waals surface area contributed by atoms with Crippen molar-refractivity contribution in [1.29, 1.82) is 0 Å². The molecule has 30 heavy (non-hydrogen) atoms. The predicted molar refractivity (Wildman–Crippen MR) is 122 cm³/mol. The molecule has 0 aliphatic heterocycles. The molecule has 2 aromatic carbocycles. The van der Waals surface area contributed by atoms with Crippen molar-refractivity contribution in [2.75, 3.05) is 11.5 Å². The maximum Gasteiger partial charge on any atom is 0.260 e. The fourth-order valence-corrected chi connectivity index (χ4v) is 4.59. The van der Waals surface area contributed by atoms with E-state index < -0.39 is 0 Å². The van der Waals surface area contributed by atoms with Gasteiger partial charge < -0.3 is 4.74 Å². The summed E-state index contributed by atoms with van der Waals surface area (Å²) in [7, 11) is 0. The second-order valence-electron chi connectivity index (χ2n) is 6.78. The van der Waals surface area contributed by atoms with Gasteiger partial charge in [0, 0.05) is 23.0 Å². The zero-order valence-corrected chi connectivity index (χ0v) is 18.2. The van der Waals surface area contributed by atoms with Crippen molar-refractivity contribution in [3.63, 3.8) is 0 Å². The average molecular weight is 438 g/mol. The van der Waals surface area contributed by atoms with Gasteiger partial charge in [0.05, 0.1) is 23.4 Å². The van der Waals surface area contributed by atoms with E-state index in [1.54, 1.807) is 41.6 Å². The monoisotopic (exact) mass is 437 g/mol. The predicted octanol–water partition coefficient (Wildman–Crippen LogP) is 5.90. The normalized spacial score (nSPS) is 10.9. The van der Waals surface area contributed by atoms with Crippen molar-refractivity contribution in [2.24, 2.45) is 0 Å². The van der Waals surface area contributed by atoms with Gasteiger partial charge in [-0.2, -0.15) is 0 Å². The van der Waals surface area contributed by atoms with Crippen LogP contribution in [0.4, 0.5) is 5.13 Å². The first-order valence-electron chi connectivity index (χ1n) is 9.55. The Kier molecular flexibility index (Phi) is 5.97. The minimum atomic E-state index is -0.135. The molecule has 5 nitrogen and oxygen atoms in total. The molecule has 0 radical (unpaired) electrons. The lowest BCUT2D eigenvalue weighted by Crippen LogP contribution is -2.30. The molecule has 0 aliphatic carbocycles. The van der Waals surface area contributed by atoms with Crippen LogP contribution in [-0.2, 0) is 6.54 Å². The summed E-state index contributed by atoms with van der Waals surface area (Å²) < 4.78 is 6.44. The molecule has 4 aromatic rings. The lowest BCUT2D eigenvalue weighted by molar-refractivity contribution is 0.0985. The minimum absolute atomic E-state index is 0.135. The van der Waals surface area contributed by atoms with Crippen LogP contribution in [0.1, 0.15) is 28.4 Å². The van der Waals surface area contributed by atoms with Gasteiger partial charge in [0.25, 0.3) is 5.91 Å². The van der Waals surface area contributed by atoms with Crippen LogP contribution in [0.2, 0.25) is 5.02 Å². The number of amides is 1. The number of pyridine rings is 1. The Morgan fingerprint density at radius 3 is 2.70 bits per heavy atom. The van der Waals surface area contributed by atoms with Gasteiger partial charge in [0.15, 0.2) is 5.13 Å². The summed E-state index contributed by atoms with van der Waals surface area (Å²) in [5, 5.41) is 1.28. The zero-order valence-electron chi connectivity index (χ0n) is 16.6. The van der Waals surface area contributed by atoms with Gasteiger partial charge in [-0.15, -0.1) is 0 Å². The number of fused-ring (bicyclic) bond motifs is 1. The van der Waals surface area contributed by atoms with Crippen molar-refractivity contribution in [1.82, 2.24) is 9.97 Å². The number of carbonyl (C=O) groups is 1. The summed E-state index contributed by atoms with van der Waals surface area (Å²) in [5.74, 6) is 0.600. The number of aromatic nitrogens is 2. The number of anilines is 1. The molecule has 0 fully saturated rings. The maximum absolute atomic E-state index is 13.5. The van der Waals surface area contributed by atoms with Gasteiger partial charge >= 0.3 is 0 Å². The number of hydrogen-bond acceptors (Lipinski definition) is 5. The number of rotatable bonds is 6. The largest absolute Gasteiger partial charge is 0.494 e. The Morgan fingerprint density at radius 2 is 2.00 bits per heavy atom. The van der Waals surface area contributed by atoms with E-state index in [9.17, 15) is 4.79 Å². The highest BCUT2D eigenvalue weighted by Crippen LogP contribution is 2.34. The van der Waals surface area contributed by atoms with Crippen molar-refractivity contribution in [3.8, 4) is 5.75 Å². The second kappa shape index (κ2) is 8.81. The third kappa shape index (κ3) is 4.30. The van der Waals surface area contributed by atoms with Crippen LogP contribution < -0.4 is 9.64 Å². The van der Waals surface area contributed by atoms with Gasteiger partial charge in [-0.1, -0.05) is 29.0 Å². The van der Waals surface area contributed by atoms with Crippen molar-refractivity contribution >= 4 is 44.2 Å². The Hall–Kier alpha value is -2.96. The minimum Gasteiger partial charge on any atom is -0.494 e. The van der Waals surface area contributed by atoms with Gasteiger partial charge in [0.2, 0.25) is 0 Å². The van der Waals surface area contributed by atoms with Gasteiger partial charge in [-0.25, -0.2) is 4.98 Å². The molecular weight excluding hydrogens is 418 g/mol. The van der Waals surface area contributed by atoms with E-state index in [0.717, 1.165) is 27.1 Å². The number of aryl methyl sites for hydroxylation is 1. The summed E-state index contributed by atoms with van der Waals surface area (Å²) in [4.78, 5) is 24.1. The molecular formula is C23H20ClN3O2S. The third-order valence-corrected chi connectivity index (χ3v) is 5.83. The summed E-state index contributed by atoms with van der Waals surface area (Å²) in [6.45, 7) is 4.84. The number of thiazole rings is 1.